The molecule has 0 N–H and O–H groups in total. The zero-order chi connectivity index (χ0) is 19.4. The maximum atomic E-state index is 14.2. The second-order valence-electron chi connectivity index (χ2n) is 5.88. The average molecular weight is 382 g/mol. The Balaban J connectivity index is 1.86. The summed E-state index contributed by atoms with van der Waals surface area (Å²) in [5, 5.41) is 0. The number of imidazole rings is 1. The standard InChI is InChI=1S/C19H15F5N2O/c20-14-5-6-15(17(21)9-14)18(10-26-8-7-25-12-26)27-11-13-3-1-2-4-16(13)19(22,23)24/h1-9,12,18H,10-11H2. The van der Waals surface area contributed by atoms with Crippen LogP contribution in [-0.2, 0) is 24.1 Å². The summed E-state index contributed by atoms with van der Waals surface area (Å²) in [6, 6.07) is 8.03. The number of nitrogens with zero attached hydrogens (tertiary/aromatic N) is 2. The Morgan fingerprint density at radius 1 is 1.07 bits per heavy atom. The first-order valence-corrected chi connectivity index (χ1v) is 8.02. The molecule has 3 nitrogen and oxygen atoms in total. The SMILES string of the molecule is Fc1ccc(C(Cn2ccnc2)OCc2ccccc2C(F)(F)F)c(F)c1. The first-order valence-electron chi connectivity index (χ1n) is 8.02. The molecule has 3 rings (SSSR count). The van der Waals surface area contributed by atoms with E-state index in [0.717, 1.165) is 12.1 Å². The van der Waals surface area contributed by atoms with Gasteiger partial charge in [-0.1, -0.05) is 24.3 Å². The molecule has 0 radical (unpaired) electrons. The van der Waals surface area contributed by atoms with Gasteiger partial charge in [-0.3, -0.25) is 0 Å². The second kappa shape index (κ2) is 7.87. The van der Waals surface area contributed by atoms with Crippen LogP contribution >= 0.6 is 0 Å². The predicted octanol–water partition coefficient (Wildman–Crippen LogP) is 5.14. The quantitative estimate of drug-likeness (QED) is 0.552. The summed E-state index contributed by atoms with van der Waals surface area (Å²) in [6.45, 7) is -0.275. The van der Waals surface area contributed by atoms with E-state index in [1.165, 1.54) is 36.8 Å². The van der Waals surface area contributed by atoms with Crippen molar-refractivity contribution in [2.45, 2.75) is 25.4 Å². The zero-order valence-electron chi connectivity index (χ0n) is 14.0. The van der Waals surface area contributed by atoms with Crippen molar-refractivity contribution < 1.29 is 26.7 Å². The van der Waals surface area contributed by atoms with Crippen LogP contribution in [0.4, 0.5) is 22.0 Å². The molecule has 0 saturated carbocycles. The smallest absolute Gasteiger partial charge is 0.367 e. The summed E-state index contributed by atoms with van der Waals surface area (Å²) >= 11 is 0. The van der Waals surface area contributed by atoms with Crippen molar-refractivity contribution in [2.24, 2.45) is 0 Å². The van der Waals surface area contributed by atoms with Crippen molar-refractivity contribution >= 4 is 0 Å². The minimum atomic E-state index is -4.53. The van der Waals surface area contributed by atoms with Crippen LogP contribution < -0.4 is 0 Å². The number of aromatic nitrogens is 2. The molecule has 0 aliphatic rings. The van der Waals surface area contributed by atoms with Gasteiger partial charge in [-0.15, -0.1) is 0 Å². The van der Waals surface area contributed by atoms with E-state index in [2.05, 4.69) is 4.98 Å². The highest BCUT2D eigenvalue weighted by Crippen LogP contribution is 2.33. The maximum Gasteiger partial charge on any atom is 0.416 e. The molecule has 1 aromatic heterocycles. The lowest BCUT2D eigenvalue weighted by Crippen LogP contribution is -2.15. The fourth-order valence-electron chi connectivity index (χ4n) is 2.70. The topological polar surface area (TPSA) is 27.1 Å². The summed E-state index contributed by atoms with van der Waals surface area (Å²) in [5.74, 6) is -1.58. The Labute approximate surface area is 152 Å². The predicted molar refractivity (Wildman–Crippen MR) is 87.6 cm³/mol. The number of hydrogen-bond donors (Lipinski definition) is 0. The van der Waals surface area contributed by atoms with Gasteiger partial charge in [0.2, 0.25) is 0 Å². The van der Waals surface area contributed by atoms with E-state index < -0.39 is 29.5 Å². The van der Waals surface area contributed by atoms with Gasteiger partial charge in [-0.05, 0) is 17.7 Å². The molecule has 0 aliphatic heterocycles. The van der Waals surface area contributed by atoms with Crippen molar-refractivity contribution in [3.8, 4) is 0 Å². The van der Waals surface area contributed by atoms with Crippen molar-refractivity contribution in [1.82, 2.24) is 9.55 Å². The van der Waals surface area contributed by atoms with Crippen LogP contribution in [0.15, 0.2) is 61.2 Å². The van der Waals surface area contributed by atoms with E-state index >= 15 is 0 Å². The lowest BCUT2D eigenvalue weighted by molar-refractivity contribution is -0.139. The molecule has 1 atom stereocenters. The summed E-state index contributed by atoms with van der Waals surface area (Å²) < 4.78 is 74.1. The van der Waals surface area contributed by atoms with Gasteiger partial charge in [0.05, 0.1) is 25.0 Å². The number of hydrogen-bond acceptors (Lipinski definition) is 2. The monoisotopic (exact) mass is 382 g/mol. The van der Waals surface area contributed by atoms with Gasteiger partial charge in [0.25, 0.3) is 0 Å². The molecule has 0 saturated heterocycles. The van der Waals surface area contributed by atoms with Gasteiger partial charge in [0.15, 0.2) is 0 Å². The number of alkyl halides is 3. The Kier molecular flexibility index (Phi) is 5.55. The van der Waals surface area contributed by atoms with Gasteiger partial charge < -0.3 is 9.30 Å². The molecular weight excluding hydrogens is 367 g/mol. The summed E-state index contributed by atoms with van der Waals surface area (Å²) in [4.78, 5) is 3.88. The lowest BCUT2D eigenvalue weighted by Gasteiger charge is -2.21. The first-order chi connectivity index (χ1) is 12.8. The molecule has 27 heavy (non-hydrogen) atoms. The third kappa shape index (κ3) is 4.71. The van der Waals surface area contributed by atoms with Crippen molar-refractivity contribution in [3.05, 3.63) is 89.5 Å². The third-order valence-corrected chi connectivity index (χ3v) is 4.01. The fourth-order valence-corrected chi connectivity index (χ4v) is 2.70. The van der Waals surface area contributed by atoms with Gasteiger partial charge >= 0.3 is 6.18 Å². The molecule has 0 amide bonds. The molecule has 1 heterocycles. The first kappa shape index (κ1) is 19.0. The van der Waals surface area contributed by atoms with Crippen LogP contribution in [0, 0.1) is 11.6 Å². The third-order valence-electron chi connectivity index (χ3n) is 4.01. The number of ether oxygens (including phenoxy) is 1. The van der Waals surface area contributed by atoms with Crippen LogP contribution in [0.1, 0.15) is 22.8 Å². The average Bonchev–Trinajstić information content (AvgIpc) is 3.11. The van der Waals surface area contributed by atoms with Crippen LogP contribution in [0.3, 0.4) is 0 Å². The molecule has 2 aromatic carbocycles. The largest absolute Gasteiger partial charge is 0.416 e. The van der Waals surface area contributed by atoms with E-state index in [-0.39, 0.29) is 24.3 Å². The molecule has 3 aromatic rings. The van der Waals surface area contributed by atoms with E-state index in [4.69, 9.17) is 4.74 Å². The van der Waals surface area contributed by atoms with E-state index in [9.17, 15) is 22.0 Å². The highest BCUT2D eigenvalue weighted by atomic mass is 19.4. The lowest BCUT2D eigenvalue weighted by atomic mass is 10.1. The van der Waals surface area contributed by atoms with E-state index in [1.807, 2.05) is 0 Å². The molecule has 0 bridgehead atoms. The minimum Gasteiger partial charge on any atom is -0.367 e. The number of halogens is 5. The molecule has 8 heteroatoms. The highest BCUT2D eigenvalue weighted by Gasteiger charge is 2.33. The molecule has 0 spiro atoms. The zero-order valence-corrected chi connectivity index (χ0v) is 14.0. The molecule has 142 valence electrons. The Morgan fingerprint density at radius 3 is 2.52 bits per heavy atom. The van der Waals surface area contributed by atoms with Crippen molar-refractivity contribution in [1.29, 1.82) is 0 Å². The minimum absolute atomic E-state index is 0.0505. The highest BCUT2D eigenvalue weighted by molar-refractivity contribution is 5.29. The number of rotatable bonds is 6. The molecule has 0 fully saturated rings. The van der Waals surface area contributed by atoms with Crippen molar-refractivity contribution in [3.63, 3.8) is 0 Å². The van der Waals surface area contributed by atoms with Crippen LogP contribution in [-0.4, -0.2) is 9.55 Å². The maximum absolute atomic E-state index is 14.2. The number of benzene rings is 2. The van der Waals surface area contributed by atoms with Gasteiger partial charge in [-0.25, -0.2) is 13.8 Å². The normalized spacial score (nSPS) is 12.9. The van der Waals surface area contributed by atoms with E-state index in [0.29, 0.717) is 6.07 Å². The molecule has 0 aliphatic carbocycles. The Morgan fingerprint density at radius 2 is 1.85 bits per heavy atom. The summed E-state index contributed by atoms with van der Waals surface area (Å²) in [5.41, 5.74) is -0.830. The van der Waals surface area contributed by atoms with Crippen molar-refractivity contribution in [2.75, 3.05) is 0 Å². The summed E-state index contributed by atoms with van der Waals surface area (Å²) in [7, 11) is 0. The fraction of sp³-hybridized carbons (Fsp3) is 0.211. The summed E-state index contributed by atoms with van der Waals surface area (Å²) in [6.07, 6.45) is -0.859. The Hall–Kier alpha value is -2.74. The van der Waals surface area contributed by atoms with E-state index in [1.54, 1.807) is 10.8 Å². The second-order valence-corrected chi connectivity index (χ2v) is 5.88. The van der Waals surface area contributed by atoms with Gasteiger partial charge in [0.1, 0.15) is 17.7 Å². The van der Waals surface area contributed by atoms with Crippen LogP contribution in [0.2, 0.25) is 0 Å². The van der Waals surface area contributed by atoms with Crippen LogP contribution in [0.5, 0.6) is 0 Å². The van der Waals surface area contributed by atoms with Crippen LogP contribution in [0.25, 0.3) is 0 Å². The Bertz CT molecular complexity index is 893. The molecular formula is C19H15F5N2O. The van der Waals surface area contributed by atoms with Gasteiger partial charge in [-0.2, -0.15) is 13.2 Å². The molecule has 1 unspecified atom stereocenters. The van der Waals surface area contributed by atoms with Gasteiger partial charge in [0, 0.05) is 24.0 Å².